The third-order valence-corrected chi connectivity index (χ3v) is 11.8. The smallest absolute Gasteiger partial charge is 0.414 e. The van der Waals surface area contributed by atoms with Gasteiger partial charge in [-0.25, -0.2) is 4.79 Å². The number of carbonyl (C=O) groups excluding carboxylic acids is 3. The lowest BCUT2D eigenvalue weighted by molar-refractivity contribution is -0.149. The van der Waals surface area contributed by atoms with Crippen molar-refractivity contribution in [2.75, 3.05) is 36.1 Å². The minimum Gasteiger partial charge on any atom is -0.447 e. The summed E-state index contributed by atoms with van der Waals surface area (Å²) in [5.74, 6) is -1.03. The highest BCUT2D eigenvalue weighted by atomic mass is 28.4. The number of carbonyl (C=O) groups is 3. The quantitative estimate of drug-likeness (QED) is 0.334. The van der Waals surface area contributed by atoms with Gasteiger partial charge in [0.2, 0.25) is 5.91 Å². The van der Waals surface area contributed by atoms with Crippen LogP contribution in [-0.4, -0.2) is 73.4 Å². The van der Waals surface area contributed by atoms with E-state index in [0.717, 1.165) is 5.56 Å². The molecule has 2 saturated heterocycles. The van der Waals surface area contributed by atoms with Gasteiger partial charge in [-0.15, -0.1) is 0 Å². The zero-order valence-corrected chi connectivity index (χ0v) is 26.8. The molecule has 3 aromatic carbocycles. The maximum atomic E-state index is 14.8. The van der Waals surface area contributed by atoms with Gasteiger partial charge in [0.1, 0.15) is 6.61 Å². The Kier molecular flexibility index (Phi) is 8.29. The highest BCUT2D eigenvalue weighted by Crippen LogP contribution is 2.61. The van der Waals surface area contributed by atoms with E-state index in [1.807, 2.05) is 92.8 Å². The molecule has 11 heteroatoms. The van der Waals surface area contributed by atoms with E-state index in [1.54, 1.807) is 15.9 Å². The molecule has 10 nitrogen and oxygen atoms in total. The first kappa shape index (κ1) is 31.0. The number of para-hydroxylation sites is 1. The zero-order chi connectivity index (χ0) is 31.9. The Bertz CT molecular complexity index is 1580. The van der Waals surface area contributed by atoms with Crippen LogP contribution in [0.25, 0.3) is 0 Å². The summed E-state index contributed by atoms with van der Waals surface area (Å²) in [6.45, 7) is 6.46. The molecule has 2 N–H and O–H groups in total. The van der Waals surface area contributed by atoms with E-state index in [1.165, 1.54) is 4.90 Å². The van der Waals surface area contributed by atoms with Crippen molar-refractivity contribution in [2.45, 2.75) is 50.2 Å². The number of hydrogen-bond donors (Lipinski definition) is 2. The van der Waals surface area contributed by atoms with Crippen molar-refractivity contribution in [3.05, 3.63) is 90.0 Å². The van der Waals surface area contributed by atoms with E-state index in [0.29, 0.717) is 35.7 Å². The summed E-state index contributed by atoms with van der Waals surface area (Å²) < 4.78 is 12.1. The van der Waals surface area contributed by atoms with Crippen LogP contribution in [0, 0.1) is 5.92 Å². The van der Waals surface area contributed by atoms with Gasteiger partial charge in [-0.3, -0.25) is 19.4 Å². The van der Waals surface area contributed by atoms with Crippen molar-refractivity contribution in [1.82, 2.24) is 4.90 Å². The normalized spacial score (nSPS) is 24.3. The molecule has 3 aliphatic heterocycles. The summed E-state index contributed by atoms with van der Waals surface area (Å²) in [6.07, 6.45) is -1.28. The number of hydrogen-bond acceptors (Lipinski definition) is 7. The van der Waals surface area contributed by atoms with E-state index in [2.05, 4.69) is 0 Å². The molecular weight excluding hydrogens is 590 g/mol. The van der Waals surface area contributed by atoms with Crippen LogP contribution in [-0.2, 0) is 31.2 Å². The number of amides is 3. The number of nitrogens with zero attached hydrogens (tertiary/aromatic N) is 3. The van der Waals surface area contributed by atoms with Gasteiger partial charge in [0.15, 0.2) is 13.9 Å². The summed E-state index contributed by atoms with van der Waals surface area (Å²) in [5, 5.41) is 9.79. The molecule has 3 heterocycles. The molecule has 4 atom stereocenters. The highest BCUT2D eigenvalue weighted by molar-refractivity contribution is 6.71. The Morgan fingerprint density at radius 1 is 1.02 bits per heavy atom. The first-order chi connectivity index (χ1) is 21.6. The van der Waals surface area contributed by atoms with Gasteiger partial charge in [0, 0.05) is 41.5 Å². The minimum absolute atomic E-state index is 0.0628. The third kappa shape index (κ3) is 5.43. The minimum atomic E-state index is -3.04. The maximum absolute atomic E-state index is 14.8. The molecule has 3 aliphatic rings. The van der Waals surface area contributed by atoms with Gasteiger partial charge in [-0.2, -0.15) is 0 Å². The van der Waals surface area contributed by atoms with E-state index in [4.69, 9.17) is 9.47 Å². The van der Waals surface area contributed by atoms with Crippen molar-refractivity contribution < 1.29 is 33.8 Å². The molecule has 2 fully saturated rings. The van der Waals surface area contributed by atoms with Crippen molar-refractivity contribution in [1.29, 1.82) is 0 Å². The fourth-order valence-electron chi connectivity index (χ4n) is 7.34. The topological polar surface area (TPSA) is 120 Å². The fourth-order valence-corrected chi connectivity index (χ4v) is 9.89. The second-order valence-electron chi connectivity index (χ2n) is 12.5. The Morgan fingerprint density at radius 2 is 1.71 bits per heavy atom. The number of aliphatic hydroxyl groups is 1. The van der Waals surface area contributed by atoms with Gasteiger partial charge in [0.05, 0.1) is 31.4 Å². The molecular formula is C34H39N3O7Si. The summed E-state index contributed by atoms with van der Waals surface area (Å²) >= 11 is 0. The lowest BCUT2D eigenvalue weighted by atomic mass is 9.82. The van der Waals surface area contributed by atoms with Crippen LogP contribution in [0.4, 0.5) is 21.9 Å². The van der Waals surface area contributed by atoms with Crippen molar-refractivity contribution in [2.24, 2.45) is 5.92 Å². The average molecular weight is 630 g/mol. The number of aliphatic hydroxyl groups excluding tert-OH is 1. The van der Waals surface area contributed by atoms with Crippen LogP contribution in [0.2, 0.25) is 18.6 Å². The van der Waals surface area contributed by atoms with E-state index in [9.17, 15) is 24.3 Å². The molecule has 45 heavy (non-hydrogen) atoms. The van der Waals surface area contributed by atoms with Crippen LogP contribution in [0.3, 0.4) is 0 Å². The first-order valence-corrected chi connectivity index (χ1v) is 18.4. The molecule has 3 aromatic rings. The predicted molar refractivity (Wildman–Crippen MR) is 171 cm³/mol. The molecule has 0 unspecified atom stereocenters. The Balaban J connectivity index is 1.42. The Hall–Kier alpha value is -4.03. The van der Waals surface area contributed by atoms with Crippen LogP contribution < -0.4 is 9.80 Å². The van der Waals surface area contributed by atoms with Gasteiger partial charge in [-0.1, -0.05) is 55.5 Å². The third-order valence-electron chi connectivity index (χ3n) is 9.28. The molecule has 0 bridgehead atoms. The highest BCUT2D eigenvalue weighted by Gasteiger charge is 2.67. The molecule has 1 spiro atoms. The average Bonchev–Trinajstić information content (AvgIpc) is 3.65. The fraction of sp³-hybridized carbons (Fsp3) is 0.382. The summed E-state index contributed by atoms with van der Waals surface area (Å²) in [7, 11) is -3.04. The maximum Gasteiger partial charge on any atom is 0.414 e. The van der Waals surface area contributed by atoms with Crippen molar-refractivity contribution in [3.8, 4) is 0 Å². The van der Waals surface area contributed by atoms with Gasteiger partial charge in [0.25, 0.3) is 5.91 Å². The van der Waals surface area contributed by atoms with E-state index in [-0.39, 0.29) is 38.0 Å². The zero-order valence-electron chi connectivity index (χ0n) is 25.8. The number of fused-ring (bicyclic) bond motifs is 2. The van der Waals surface area contributed by atoms with Crippen molar-refractivity contribution in [3.63, 3.8) is 0 Å². The van der Waals surface area contributed by atoms with Crippen LogP contribution in [0.1, 0.15) is 24.5 Å². The van der Waals surface area contributed by atoms with Gasteiger partial charge in [-0.05, 0) is 49.0 Å². The Morgan fingerprint density at radius 3 is 2.33 bits per heavy atom. The van der Waals surface area contributed by atoms with E-state index < -0.39 is 37.6 Å². The summed E-state index contributed by atoms with van der Waals surface area (Å²) in [4.78, 5) is 57.6. The van der Waals surface area contributed by atoms with Crippen LogP contribution >= 0.6 is 0 Å². The Labute approximate surface area is 263 Å². The number of ether oxygens (including phenoxy) is 2. The lowest BCUT2D eigenvalue weighted by Gasteiger charge is -2.33. The second kappa shape index (κ2) is 12.0. The second-order valence-corrected chi connectivity index (χ2v) is 16.5. The molecule has 3 amide bonds. The van der Waals surface area contributed by atoms with Crippen LogP contribution in [0.15, 0.2) is 78.9 Å². The molecule has 0 aliphatic carbocycles. The number of benzene rings is 3. The summed E-state index contributed by atoms with van der Waals surface area (Å²) in [5.41, 5.74) is 1.42. The molecule has 0 radical (unpaired) electrons. The van der Waals surface area contributed by atoms with Crippen LogP contribution in [0.5, 0.6) is 0 Å². The molecule has 6 rings (SSSR count). The van der Waals surface area contributed by atoms with Crippen molar-refractivity contribution >= 4 is 43.3 Å². The number of rotatable bonds is 9. The molecule has 0 saturated carbocycles. The molecule has 0 aromatic heterocycles. The SMILES string of the molecule is C[C@H]1[C@H]([Si](C)(C)O)[C@@H](CC(=O)N(CCO)Cc2ccccc2)O[C@]12C(=O)N(c1ccccc1)c1ccc(N3CCOC3=O)cc12. The van der Waals surface area contributed by atoms with Gasteiger partial charge < -0.3 is 24.3 Å². The standard InChI is InChI=1S/C34H39N3O7Si/c1-23-31(45(2,3)42)29(21-30(39)35(16-18-38)22-24-10-6-4-7-11-24)44-34(23)27-20-26(36-17-19-43-33(36)41)14-15-28(27)37(32(34)40)25-12-8-5-9-13-25/h4-15,20,23,29,31,38,42H,16-19,21-22H2,1-3H3/t23-,29+,31-,34+/m0/s1. The first-order valence-electron chi connectivity index (χ1n) is 15.4. The largest absolute Gasteiger partial charge is 0.447 e. The number of anilines is 3. The summed E-state index contributed by atoms with van der Waals surface area (Å²) in [6, 6.07) is 24.3. The predicted octanol–water partition coefficient (Wildman–Crippen LogP) is 4.53. The number of cyclic esters (lactones) is 1. The van der Waals surface area contributed by atoms with Gasteiger partial charge >= 0.3 is 6.09 Å². The van der Waals surface area contributed by atoms with E-state index >= 15 is 0 Å². The lowest BCUT2D eigenvalue weighted by Crippen LogP contribution is -2.45. The molecule has 236 valence electrons. The monoisotopic (exact) mass is 629 g/mol.